The number of nitrogens with one attached hydrogen (secondary N) is 2. The van der Waals surface area contributed by atoms with Crippen molar-refractivity contribution in [2.45, 2.75) is 32.1 Å². The highest BCUT2D eigenvalue weighted by Crippen LogP contribution is 2.28. The number of rotatable bonds is 9. The van der Waals surface area contributed by atoms with Gasteiger partial charge < -0.3 is 29.4 Å². The molecule has 2 aliphatic rings. The molecule has 210 valence electrons. The number of piperidine rings is 1. The van der Waals surface area contributed by atoms with Gasteiger partial charge in [-0.1, -0.05) is 12.1 Å². The minimum absolute atomic E-state index is 0.130. The van der Waals surface area contributed by atoms with Crippen molar-refractivity contribution in [3.8, 4) is 11.5 Å². The van der Waals surface area contributed by atoms with E-state index in [0.29, 0.717) is 12.3 Å². The van der Waals surface area contributed by atoms with E-state index in [1.807, 2.05) is 65.5 Å². The zero-order valence-electron chi connectivity index (χ0n) is 22.9. The molecular formula is C31H36N4O4S. The van der Waals surface area contributed by atoms with Crippen molar-refractivity contribution in [3.63, 3.8) is 0 Å². The molecule has 0 bridgehead atoms. The fourth-order valence-corrected chi connectivity index (χ4v) is 6.25. The first-order valence-electron chi connectivity index (χ1n) is 14.0. The molecule has 4 heterocycles. The van der Waals surface area contributed by atoms with Crippen LogP contribution >= 0.6 is 11.3 Å². The minimum Gasteiger partial charge on any atom is -0.490 e. The number of hydrogen-bond donors (Lipinski definition) is 2. The summed E-state index contributed by atoms with van der Waals surface area (Å²) in [4.78, 5) is 15.8. The lowest BCUT2D eigenvalue weighted by molar-refractivity contribution is 0.0340. The van der Waals surface area contributed by atoms with Gasteiger partial charge in [0.1, 0.15) is 29.9 Å². The highest BCUT2D eigenvalue weighted by molar-refractivity contribution is 7.17. The first kappa shape index (κ1) is 26.8. The van der Waals surface area contributed by atoms with E-state index in [1.165, 1.54) is 0 Å². The fraction of sp³-hybridized carbons (Fsp3) is 0.387. The highest BCUT2D eigenvalue weighted by atomic mass is 32.1. The molecule has 2 N–H and O–H groups in total. The molecule has 2 saturated heterocycles. The number of aromatic nitrogens is 1. The number of thiophene rings is 1. The molecule has 9 heteroatoms. The lowest BCUT2D eigenvalue weighted by Gasteiger charge is -2.28. The van der Waals surface area contributed by atoms with Crippen LogP contribution in [0.4, 0.5) is 5.69 Å². The van der Waals surface area contributed by atoms with Crippen molar-refractivity contribution in [1.29, 1.82) is 0 Å². The van der Waals surface area contributed by atoms with Gasteiger partial charge in [-0.15, -0.1) is 11.3 Å². The van der Waals surface area contributed by atoms with Crippen molar-refractivity contribution in [1.82, 2.24) is 14.8 Å². The lowest BCUT2D eigenvalue weighted by atomic mass is 10.0. The van der Waals surface area contributed by atoms with Gasteiger partial charge in [0, 0.05) is 37.9 Å². The molecule has 4 aromatic rings. The molecule has 0 radical (unpaired) electrons. The van der Waals surface area contributed by atoms with Crippen LogP contribution in [0, 0.1) is 0 Å². The number of carbonyl (C=O) groups excluding carboxylic acids is 1. The summed E-state index contributed by atoms with van der Waals surface area (Å²) in [6, 6.07) is 17.9. The highest BCUT2D eigenvalue weighted by Gasteiger charge is 2.20. The summed E-state index contributed by atoms with van der Waals surface area (Å²) < 4.78 is 21.0. The number of benzene rings is 2. The summed E-state index contributed by atoms with van der Waals surface area (Å²) in [6.45, 7) is 6.35. The summed E-state index contributed by atoms with van der Waals surface area (Å²) in [5.41, 5.74) is 4.59. The Morgan fingerprint density at radius 3 is 2.62 bits per heavy atom. The maximum Gasteiger partial charge on any atom is 0.272 e. The van der Waals surface area contributed by atoms with Crippen LogP contribution in [-0.4, -0.2) is 60.9 Å². The number of amides is 1. The number of anilines is 1. The fourth-order valence-electron chi connectivity index (χ4n) is 5.40. The number of hydrogen-bond acceptors (Lipinski definition) is 7. The smallest absolute Gasteiger partial charge is 0.272 e. The maximum absolute atomic E-state index is 13.4. The Morgan fingerprint density at radius 1 is 1.07 bits per heavy atom. The van der Waals surface area contributed by atoms with E-state index >= 15 is 0 Å². The molecule has 0 spiro atoms. The van der Waals surface area contributed by atoms with Crippen molar-refractivity contribution in [2.24, 2.45) is 7.05 Å². The van der Waals surface area contributed by atoms with Crippen LogP contribution in [0.25, 0.3) is 10.2 Å². The molecule has 2 aliphatic heterocycles. The zero-order valence-corrected chi connectivity index (χ0v) is 23.7. The van der Waals surface area contributed by atoms with E-state index < -0.39 is 0 Å². The molecule has 8 nitrogen and oxygen atoms in total. The molecule has 1 amide bonds. The number of ether oxygens (including phenoxy) is 3. The summed E-state index contributed by atoms with van der Waals surface area (Å²) in [5, 5.41) is 8.60. The topological polar surface area (TPSA) is 77.0 Å². The van der Waals surface area contributed by atoms with E-state index in [4.69, 9.17) is 14.2 Å². The van der Waals surface area contributed by atoms with Crippen LogP contribution in [0.1, 0.15) is 34.5 Å². The van der Waals surface area contributed by atoms with Crippen molar-refractivity contribution >= 4 is 33.1 Å². The van der Waals surface area contributed by atoms with Gasteiger partial charge in [-0.2, -0.15) is 0 Å². The first-order chi connectivity index (χ1) is 19.6. The van der Waals surface area contributed by atoms with Crippen LogP contribution in [0.5, 0.6) is 11.5 Å². The molecule has 0 unspecified atom stereocenters. The van der Waals surface area contributed by atoms with Crippen LogP contribution in [0.15, 0.2) is 60.0 Å². The van der Waals surface area contributed by atoms with E-state index in [-0.39, 0.29) is 12.0 Å². The summed E-state index contributed by atoms with van der Waals surface area (Å²) in [7, 11) is 1.93. The predicted octanol–water partition coefficient (Wildman–Crippen LogP) is 5.03. The van der Waals surface area contributed by atoms with Crippen LogP contribution in [0.3, 0.4) is 0 Å². The third kappa shape index (κ3) is 6.18. The van der Waals surface area contributed by atoms with Crippen LogP contribution in [-0.2, 0) is 24.9 Å². The Balaban J connectivity index is 1.20. The Kier molecular flexibility index (Phi) is 8.34. The Labute approximate surface area is 238 Å². The van der Waals surface area contributed by atoms with E-state index in [0.717, 1.165) is 97.3 Å². The standard InChI is InChI=1S/C31H36N4O4S/c1-34-28-11-18-40-30(28)19-29(34)31(36)33-27-4-2-3-22(20-35-14-16-37-17-15-35)26(27)21-38-23-5-7-24(8-6-23)39-25-9-12-32-13-10-25/h2-8,11,18-19,25,32H,9-10,12-17,20-21H2,1H3,(H,33,36). The quantitative estimate of drug-likeness (QED) is 0.299. The van der Waals surface area contributed by atoms with Gasteiger partial charge in [0.25, 0.3) is 5.91 Å². The monoisotopic (exact) mass is 560 g/mol. The van der Waals surface area contributed by atoms with Crippen molar-refractivity contribution < 1.29 is 19.0 Å². The summed E-state index contributed by atoms with van der Waals surface area (Å²) >= 11 is 1.64. The second-order valence-corrected chi connectivity index (χ2v) is 11.3. The Bertz CT molecular complexity index is 1440. The van der Waals surface area contributed by atoms with Crippen LogP contribution in [0.2, 0.25) is 0 Å². The second-order valence-electron chi connectivity index (χ2n) is 10.4. The molecule has 0 atom stereocenters. The first-order valence-corrected chi connectivity index (χ1v) is 14.9. The molecule has 2 fully saturated rings. The van der Waals surface area contributed by atoms with Gasteiger partial charge in [0.05, 0.1) is 23.4 Å². The number of fused-ring (bicyclic) bond motifs is 1. The number of carbonyl (C=O) groups is 1. The van der Waals surface area contributed by atoms with Crippen molar-refractivity contribution in [2.75, 3.05) is 44.7 Å². The number of aryl methyl sites for hydroxylation is 1. The molecule has 6 rings (SSSR count). The van der Waals surface area contributed by atoms with Gasteiger partial charge in [-0.05, 0) is 79.3 Å². The third-order valence-corrected chi connectivity index (χ3v) is 8.56. The zero-order chi connectivity index (χ0) is 27.3. The normalized spacial score (nSPS) is 16.7. The molecule has 2 aromatic carbocycles. The summed E-state index contributed by atoms with van der Waals surface area (Å²) in [6.07, 6.45) is 2.30. The van der Waals surface area contributed by atoms with E-state index in [1.54, 1.807) is 11.3 Å². The number of morpholine rings is 1. The van der Waals surface area contributed by atoms with Crippen molar-refractivity contribution in [3.05, 3.63) is 76.8 Å². The van der Waals surface area contributed by atoms with E-state index in [2.05, 4.69) is 21.6 Å². The van der Waals surface area contributed by atoms with Gasteiger partial charge >= 0.3 is 0 Å². The largest absolute Gasteiger partial charge is 0.490 e. The van der Waals surface area contributed by atoms with Gasteiger partial charge in [0.15, 0.2) is 0 Å². The summed E-state index contributed by atoms with van der Waals surface area (Å²) in [5.74, 6) is 1.50. The Morgan fingerprint density at radius 2 is 1.85 bits per heavy atom. The maximum atomic E-state index is 13.4. The van der Waals surface area contributed by atoms with Gasteiger partial charge in [-0.3, -0.25) is 9.69 Å². The molecule has 2 aromatic heterocycles. The SMILES string of the molecule is Cn1c(C(=O)Nc2cccc(CN3CCOCC3)c2COc2ccc(OC3CCNCC3)cc2)cc2sccc21. The molecule has 40 heavy (non-hydrogen) atoms. The van der Waals surface area contributed by atoms with E-state index in [9.17, 15) is 4.79 Å². The molecular weight excluding hydrogens is 524 g/mol. The predicted molar refractivity (Wildman–Crippen MR) is 159 cm³/mol. The third-order valence-electron chi connectivity index (χ3n) is 7.71. The second kappa shape index (κ2) is 12.4. The van der Waals surface area contributed by atoms with Gasteiger partial charge in [0.2, 0.25) is 0 Å². The molecule has 0 aliphatic carbocycles. The average Bonchev–Trinajstić information content (AvgIpc) is 3.57. The number of nitrogens with zero attached hydrogens (tertiary/aromatic N) is 2. The van der Waals surface area contributed by atoms with Gasteiger partial charge in [-0.25, -0.2) is 0 Å². The molecule has 0 saturated carbocycles. The minimum atomic E-state index is -0.130. The lowest BCUT2D eigenvalue weighted by Crippen LogP contribution is -2.36. The Hall–Kier alpha value is -3.37. The average molecular weight is 561 g/mol. The van der Waals surface area contributed by atoms with Crippen LogP contribution < -0.4 is 20.1 Å².